The van der Waals surface area contributed by atoms with Crippen LogP contribution in [0.3, 0.4) is 0 Å². The molecule has 0 radical (unpaired) electrons. The van der Waals surface area contributed by atoms with Crippen LogP contribution < -0.4 is 5.32 Å². The Bertz CT molecular complexity index is 369. The van der Waals surface area contributed by atoms with Gasteiger partial charge in [0.2, 0.25) is 5.91 Å². The molecule has 1 aromatic rings. The zero-order valence-electron chi connectivity index (χ0n) is 9.67. The minimum Gasteiger partial charge on any atom is -0.396 e. The van der Waals surface area contributed by atoms with Gasteiger partial charge in [0.1, 0.15) is 5.82 Å². The minimum absolute atomic E-state index is 0.0932. The molecule has 2 rings (SSSR count). The first-order valence-corrected chi connectivity index (χ1v) is 5.83. The molecule has 1 fully saturated rings. The van der Waals surface area contributed by atoms with Crippen LogP contribution in [0, 0.1) is 5.92 Å². The number of hydrogen-bond acceptors (Lipinski definition) is 4. The van der Waals surface area contributed by atoms with Crippen LogP contribution in [-0.2, 0) is 4.79 Å². The molecule has 5 nitrogen and oxygen atoms in total. The Morgan fingerprint density at radius 2 is 2.41 bits per heavy atom. The summed E-state index contributed by atoms with van der Waals surface area (Å²) >= 11 is 0. The van der Waals surface area contributed by atoms with Crippen LogP contribution in [0.2, 0.25) is 0 Å². The van der Waals surface area contributed by atoms with E-state index in [1.54, 1.807) is 11.1 Å². The van der Waals surface area contributed by atoms with Gasteiger partial charge in [-0.3, -0.25) is 4.79 Å². The number of rotatable bonds is 5. The van der Waals surface area contributed by atoms with Crippen LogP contribution >= 0.6 is 0 Å². The fourth-order valence-corrected chi connectivity index (χ4v) is 1.98. The summed E-state index contributed by atoms with van der Waals surface area (Å²) in [6, 6.07) is 5.67. The van der Waals surface area contributed by atoms with Gasteiger partial charge >= 0.3 is 0 Å². The second-order valence-corrected chi connectivity index (χ2v) is 4.23. The van der Waals surface area contributed by atoms with Crippen LogP contribution in [0.5, 0.6) is 0 Å². The number of carbonyl (C=O) groups excluding carboxylic acids is 1. The van der Waals surface area contributed by atoms with Crippen molar-refractivity contribution >= 4 is 11.7 Å². The first kappa shape index (κ1) is 11.9. The van der Waals surface area contributed by atoms with E-state index < -0.39 is 0 Å². The number of nitrogens with one attached hydrogen (secondary N) is 1. The Morgan fingerprint density at radius 1 is 1.53 bits per heavy atom. The Morgan fingerprint density at radius 3 is 3.06 bits per heavy atom. The van der Waals surface area contributed by atoms with E-state index in [0.29, 0.717) is 26.1 Å². The van der Waals surface area contributed by atoms with Gasteiger partial charge in [-0.05, 0) is 12.1 Å². The number of aliphatic hydroxyl groups excluding tert-OH is 1. The maximum Gasteiger partial charge on any atom is 0.223 e. The van der Waals surface area contributed by atoms with Gasteiger partial charge < -0.3 is 15.3 Å². The molecule has 1 unspecified atom stereocenters. The molecule has 1 aromatic heterocycles. The van der Waals surface area contributed by atoms with E-state index >= 15 is 0 Å². The summed E-state index contributed by atoms with van der Waals surface area (Å²) in [6.45, 7) is 2.10. The summed E-state index contributed by atoms with van der Waals surface area (Å²) in [5.41, 5.74) is 0. The topological polar surface area (TPSA) is 65.5 Å². The van der Waals surface area contributed by atoms with E-state index in [1.165, 1.54) is 0 Å². The third-order valence-corrected chi connectivity index (χ3v) is 2.91. The van der Waals surface area contributed by atoms with E-state index in [-0.39, 0.29) is 18.4 Å². The monoisotopic (exact) mass is 235 g/mol. The third-order valence-electron chi connectivity index (χ3n) is 2.91. The highest BCUT2D eigenvalue weighted by Crippen LogP contribution is 2.16. The molecule has 1 amide bonds. The number of pyridine rings is 1. The standard InChI is InChI=1S/C12H17N3O2/c16-9-10-7-12(17)15(8-10)6-5-14-11-3-1-2-4-13-11/h1-4,10,16H,5-9H2,(H,13,14). The number of amides is 1. The second kappa shape index (κ2) is 5.63. The minimum atomic E-state index is 0.0932. The molecule has 0 aliphatic carbocycles. The molecule has 0 aromatic carbocycles. The highest BCUT2D eigenvalue weighted by atomic mass is 16.3. The van der Waals surface area contributed by atoms with Gasteiger partial charge in [-0.15, -0.1) is 0 Å². The van der Waals surface area contributed by atoms with Crippen molar-refractivity contribution in [3.8, 4) is 0 Å². The SMILES string of the molecule is O=C1CC(CO)CN1CCNc1ccccn1. The van der Waals surface area contributed by atoms with Crippen molar-refractivity contribution in [2.75, 3.05) is 31.6 Å². The maximum absolute atomic E-state index is 11.6. The molecule has 0 bridgehead atoms. The number of aliphatic hydroxyl groups is 1. The summed E-state index contributed by atoms with van der Waals surface area (Å²) in [4.78, 5) is 17.5. The van der Waals surface area contributed by atoms with Gasteiger partial charge in [-0.2, -0.15) is 0 Å². The van der Waals surface area contributed by atoms with Gasteiger partial charge in [0.15, 0.2) is 0 Å². The van der Waals surface area contributed by atoms with Crippen molar-refractivity contribution in [3.63, 3.8) is 0 Å². The molecule has 2 N–H and O–H groups in total. The quantitative estimate of drug-likeness (QED) is 0.772. The molecular formula is C12H17N3O2. The summed E-state index contributed by atoms with van der Waals surface area (Å²) in [7, 11) is 0. The van der Waals surface area contributed by atoms with Crippen LogP contribution in [-0.4, -0.2) is 47.1 Å². The average molecular weight is 235 g/mol. The van der Waals surface area contributed by atoms with Gasteiger partial charge in [-0.25, -0.2) is 4.98 Å². The Hall–Kier alpha value is -1.62. The lowest BCUT2D eigenvalue weighted by Gasteiger charge is -2.16. The molecule has 5 heteroatoms. The molecule has 17 heavy (non-hydrogen) atoms. The van der Waals surface area contributed by atoms with E-state index in [0.717, 1.165) is 5.82 Å². The molecule has 92 valence electrons. The number of nitrogens with zero attached hydrogens (tertiary/aromatic N) is 2. The first-order valence-electron chi connectivity index (χ1n) is 5.83. The molecule has 0 saturated carbocycles. The zero-order valence-corrected chi connectivity index (χ0v) is 9.67. The Balaban J connectivity index is 1.74. The van der Waals surface area contributed by atoms with Crippen LogP contribution in [0.1, 0.15) is 6.42 Å². The van der Waals surface area contributed by atoms with Gasteiger partial charge in [0.05, 0.1) is 0 Å². The third kappa shape index (κ3) is 3.17. The number of carbonyl (C=O) groups is 1. The number of hydrogen-bond donors (Lipinski definition) is 2. The van der Waals surface area contributed by atoms with E-state index in [1.807, 2.05) is 18.2 Å². The lowest BCUT2D eigenvalue weighted by atomic mass is 10.1. The normalized spacial score (nSPS) is 19.7. The van der Waals surface area contributed by atoms with E-state index in [4.69, 9.17) is 5.11 Å². The average Bonchev–Trinajstić information content (AvgIpc) is 2.72. The summed E-state index contributed by atoms with van der Waals surface area (Å²) in [6.07, 6.45) is 2.20. The second-order valence-electron chi connectivity index (χ2n) is 4.23. The molecule has 0 spiro atoms. The van der Waals surface area contributed by atoms with Crippen LogP contribution in [0.4, 0.5) is 5.82 Å². The number of aromatic nitrogens is 1. The van der Waals surface area contributed by atoms with Crippen molar-refractivity contribution < 1.29 is 9.90 Å². The highest BCUT2D eigenvalue weighted by Gasteiger charge is 2.28. The smallest absolute Gasteiger partial charge is 0.223 e. The van der Waals surface area contributed by atoms with Crippen molar-refractivity contribution in [2.24, 2.45) is 5.92 Å². The molecule has 2 heterocycles. The van der Waals surface area contributed by atoms with Crippen molar-refractivity contribution in [3.05, 3.63) is 24.4 Å². The molecule has 1 saturated heterocycles. The lowest BCUT2D eigenvalue weighted by molar-refractivity contribution is -0.127. The van der Waals surface area contributed by atoms with Gasteiger partial charge in [-0.1, -0.05) is 6.07 Å². The van der Waals surface area contributed by atoms with E-state index in [2.05, 4.69) is 10.3 Å². The van der Waals surface area contributed by atoms with Crippen molar-refractivity contribution in [1.82, 2.24) is 9.88 Å². The molecular weight excluding hydrogens is 218 g/mol. The zero-order chi connectivity index (χ0) is 12.1. The maximum atomic E-state index is 11.6. The van der Waals surface area contributed by atoms with Gasteiger partial charge in [0.25, 0.3) is 0 Å². The van der Waals surface area contributed by atoms with Crippen LogP contribution in [0.25, 0.3) is 0 Å². The fraction of sp³-hybridized carbons (Fsp3) is 0.500. The van der Waals surface area contributed by atoms with Gasteiger partial charge in [0, 0.05) is 44.8 Å². The summed E-state index contributed by atoms with van der Waals surface area (Å²) in [5.74, 6) is 1.06. The first-order chi connectivity index (χ1) is 8.29. The predicted octanol–water partition coefficient (Wildman–Crippen LogP) is 0.334. The van der Waals surface area contributed by atoms with Crippen LogP contribution in [0.15, 0.2) is 24.4 Å². The largest absolute Gasteiger partial charge is 0.396 e. The fourth-order valence-electron chi connectivity index (χ4n) is 1.98. The molecule has 1 aliphatic rings. The lowest BCUT2D eigenvalue weighted by Crippen LogP contribution is -2.30. The highest BCUT2D eigenvalue weighted by molar-refractivity contribution is 5.78. The van der Waals surface area contributed by atoms with E-state index in [9.17, 15) is 4.79 Å². The summed E-state index contributed by atoms with van der Waals surface area (Å²) < 4.78 is 0. The molecule has 1 aliphatic heterocycles. The van der Waals surface area contributed by atoms with Crippen molar-refractivity contribution in [2.45, 2.75) is 6.42 Å². The Labute approximate surface area is 100 Å². The molecule has 1 atom stereocenters. The number of anilines is 1. The summed E-state index contributed by atoms with van der Waals surface area (Å²) in [5, 5.41) is 12.2. The Kier molecular flexibility index (Phi) is 3.93. The predicted molar refractivity (Wildman–Crippen MR) is 64.5 cm³/mol. The number of likely N-dealkylation sites (tertiary alicyclic amines) is 1. The van der Waals surface area contributed by atoms with Crippen molar-refractivity contribution in [1.29, 1.82) is 0 Å².